The number of anilines is 1. The Bertz CT molecular complexity index is 686. The predicted octanol–water partition coefficient (Wildman–Crippen LogP) is 1.59. The van der Waals surface area contributed by atoms with Crippen LogP contribution in [0, 0.1) is 0 Å². The second kappa shape index (κ2) is 6.80. The van der Waals surface area contributed by atoms with Crippen LogP contribution >= 0.6 is 0 Å². The zero-order chi connectivity index (χ0) is 18.2. The van der Waals surface area contributed by atoms with Crippen LogP contribution in [0.2, 0.25) is 0 Å². The lowest BCUT2D eigenvalue weighted by Gasteiger charge is -2.32. The van der Waals surface area contributed by atoms with Crippen LogP contribution in [0.3, 0.4) is 0 Å². The van der Waals surface area contributed by atoms with E-state index in [1.54, 1.807) is 27.7 Å². The zero-order valence-electron chi connectivity index (χ0n) is 14.4. The average Bonchev–Trinajstić information content (AvgIpc) is 3.31. The smallest absolute Gasteiger partial charge is 0.235 e. The molecule has 2 rings (SSSR count). The molecule has 2 atom stereocenters. The molecule has 0 amide bonds. The fourth-order valence-corrected chi connectivity index (χ4v) is 4.20. The Kier molecular flexibility index (Phi) is 5.51. The van der Waals surface area contributed by atoms with E-state index in [2.05, 4.69) is 14.4 Å². The van der Waals surface area contributed by atoms with Crippen molar-refractivity contribution < 1.29 is 18.1 Å². The highest BCUT2D eigenvalue weighted by Crippen LogP contribution is 2.31. The number of aliphatic hydroxyl groups is 1. The maximum Gasteiger partial charge on any atom is 0.235 e. The third-order valence-electron chi connectivity index (χ3n) is 3.74. The molecule has 1 heterocycles. The van der Waals surface area contributed by atoms with Gasteiger partial charge >= 0.3 is 0 Å². The standard InChI is InChI=1S/C15H25N3O4S2/c1-5-15(19,18-23(20)14(2,3)4)13-10-11(8-9-16-13)17-24(21,22)12-6-7-12/h8-10,12,18-19H,5-7H2,1-4H3,(H,16,17)/t15?,23-/m1/s1. The van der Waals surface area contributed by atoms with E-state index in [0.29, 0.717) is 18.5 Å². The van der Waals surface area contributed by atoms with E-state index >= 15 is 0 Å². The summed E-state index contributed by atoms with van der Waals surface area (Å²) < 4.78 is 41.1. The number of aromatic nitrogens is 1. The second-order valence-electron chi connectivity index (χ2n) is 6.97. The van der Waals surface area contributed by atoms with Gasteiger partial charge in [0.05, 0.1) is 16.6 Å². The summed E-state index contributed by atoms with van der Waals surface area (Å²) >= 11 is -1.51. The molecular weight excluding hydrogens is 350 g/mol. The zero-order valence-corrected chi connectivity index (χ0v) is 16.0. The van der Waals surface area contributed by atoms with E-state index in [9.17, 15) is 18.1 Å². The van der Waals surface area contributed by atoms with Crippen LogP contribution in [0.5, 0.6) is 0 Å². The Morgan fingerprint density at radius 1 is 1.42 bits per heavy atom. The topological polar surface area (TPSA) is 114 Å². The molecule has 0 bridgehead atoms. The Balaban J connectivity index is 2.24. The first-order valence-corrected chi connectivity index (χ1v) is 10.6. The molecule has 0 aliphatic heterocycles. The van der Waals surface area contributed by atoms with Gasteiger partial charge in [0.15, 0.2) is 5.72 Å². The minimum absolute atomic E-state index is 0.221. The fraction of sp³-hybridized carbons (Fsp3) is 0.667. The molecule has 1 aliphatic carbocycles. The van der Waals surface area contributed by atoms with Crippen LogP contribution in [0.4, 0.5) is 5.69 Å². The molecule has 1 aromatic heterocycles. The maximum atomic E-state index is 12.3. The molecule has 24 heavy (non-hydrogen) atoms. The molecule has 7 nitrogen and oxygen atoms in total. The van der Waals surface area contributed by atoms with Crippen molar-refractivity contribution in [3.8, 4) is 0 Å². The molecule has 1 fully saturated rings. The third kappa shape index (κ3) is 4.60. The monoisotopic (exact) mass is 375 g/mol. The summed E-state index contributed by atoms with van der Waals surface area (Å²) in [6.07, 6.45) is 2.97. The number of nitrogens with zero attached hydrogens (tertiary/aromatic N) is 1. The van der Waals surface area contributed by atoms with Crippen molar-refractivity contribution in [1.82, 2.24) is 9.71 Å². The van der Waals surface area contributed by atoms with E-state index in [1.165, 1.54) is 18.3 Å². The molecule has 1 unspecified atom stereocenters. The van der Waals surface area contributed by atoms with Gasteiger partial charge in [0, 0.05) is 17.6 Å². The SMILES string of the molecule is CCC(O)(N[S@+]([O-])C(C)(C)C)c1cc(NS(=O)(=O)C2CC2)ccn1. The molecule has 1 aliphatic rings. The van der Waals surface area contributed by atoms with Crippen molar-refractivity contribution in [1.29, 1.82) is 0 Å². The van der Waals surface area contributed by atoms with Gasteiger partial charge in [0.25, 0.3) is 0 Å². The number of nitrogens with one attached hydrogen (secondary N) is 2. The highest BCUT2D eigenvalue weighted by Gasteiger charge is 2.39. The number of rotatable bonds is 7. The summed E-state index contributed by atoms with van der Waals surface area (Å²) in [5, 5.41) is 10.5. The van der Waals surface area contributed by atoms with Crippen LogP contribution in [0.25, 0.3) is 0 Å². The van der Waals surface area contributed by atoms with Crippen LogP contribution < -0.4 is 9.44 Å². The number of sulfonamides is 1. The third-order valence-corrected chi connectivity index (χ3v) is 7.24. The minimum atomic E-state index is -3.40. The van der Waals surface area contributed by atoms with E-state index in [4.69, 9.17) is 0 Å². The minimum Gasteiger partial charge on any atom is -0.598 e. The second-order valence-corrected chi connectivity index (χ2v) is 10.9. The van der Waals surface area contributed by atoms with Crippen molar-refractivity contribution in [2.24, 2.45) is 0 Å². The van der Waals surface area contributed by atoms with Crippen LogP contribution in [0.15, 0.2) is 18.3 Å². The summed E-state index contributed by atoms with van der Waals surface area (Å²) in [5.74, 6) is 0. The van der Waals surface area contributed by atoms with Gasteiger partial charge < -0.3 is 9.66 Å². The molecule has 1 aromatic rings. The molecule has 1 saturated carbocycles. The number of pyridine rings is 1. The number of hydrogen-bond acceptors (Lipinski definition) is 6. The van der Waals surface area contributed by atoms with E-state index in [1.807, 2.05) is 0 Å². The van der Waals surface area contributed by atoms with Crippen molar-refractivity contribution in [2.45, 2.75) is 62.7 Å². The lowest BCUT2D eigenvalue weighted by molar-refractivity contribution is 0.0156. The average molecular weight is 376 g/mol. The lowest BCUT2D eigenvalue weighted by atomic mass is 10.1. The first-order valence-electron chi connectivity index (χ1n) is 7.88. The Morgan fingerprint density at radius 3 is 2.54 bits per heavy atom. The highest BCUT2D eigenvalue weighted by atomic mass is 32.2. The quantitative estimate of drug-likeness (QED) is 0.492. The molecule has 0 saturated heterocycles. The molecule has 0 aromatic carbocycles. The fourth-order valence-electron chi connectivity index (χ4n) is 1.96. The Morgan fingerprint density at radius 2 is 2.04 bits per heavy atom. The first kappa shape index (κ1) is 19.5. The molecule has 136 valence electrons. The van der Waals surface area contributed by atoms with Crippen LogP contribution in [-0.2, 0) is 27.1 Å². The lowest BCUT2D eigenvalue weighted by Crippen LogP contribution is -2.51. The van der Waals surface area contributed by atoms with Gasteiger partial charge in [-0.25, -0.2) is 8.42 Å². The van der Waals surface area contributed by atoms with Gasteiger partial charge in [0.1, 0.15) is 4.75 Å². The summed E-state index contributed by atoms with van der Waals surface area (Å²) in [5.41, 5.74) is -1.06. The number of hydrogen-bond donors (Lipinski definition) is 3. The van der Waals surface area contributed by atoms with Gasteiger partial charge in [-0.05, 0) is 52.2 Å². The molecular formula is C15H25N3O4S2. The summed E-state index contributed by atoms with van der Waals surface area (Å²) in [4.78, 5) is 4.13. The van der Waals surface area contributed by atoms with Gasteiger partial charge in [0.2, 0.25) is 10.0 Å². The largest absolute Gasteiger partial charge is 0.598 e. The molecule has 3 N–H and O–H groups in total. The predicted molar refractivity (Wildman–Crippen MR) is 95.0 cm³/mol. The van der Waals surface area contributed by atoms with Crippen molar-refractivity contribution in [3.05, 3.63) is 24.0 Å². The van der Waals surface area contributed by atoms with Gasteiger partial charge in [-0.1, -0.05) is 6.92 Å². The van der Waals surface area contributed by atoms with Crippen molar-refractivity contribution >= 4 is 27.1 Å². The molecule has 0 radical (unpaired) electrons. The Labute approximate surface area is 146 Å². The van der Waals surface area contributed by atoms with Gasteiger partial charge in [-0.2, -0.15) is 0 Å². The highest BCUT2D eigenvalue weighted by molar-refractivity contribution is 7.93. The normalized spacial score (nSPS) is 19.6. The van der Waals surface area contributed by atoms with E-state index in [-0.39, 0.29) is 17.4 Å². The Hall–Kier alpha value is -0.870. The molecule has 0 spiro atoms. The van der Waals surface area contributed by atoms with Crippen molar-refractivity contribution in [2.75, 3.05) is 4.72 Å². The van der Waals surface area contributed by atoms with Gasteiger partial charge in [-0.15, -0.1) is 4.72 Å². The van der Waals surface area contributed by atoms with Crippen LogP contribution in [0.1, 0.15) is 52.7 Å². The summed E-state index contributed by atoms with van der Waals surface area (Å²) in [6.45, 7) is 7.11. The van der Waals surface area contributed by atoms with Gasteiger partial charge in [-0.3, -0.25) is 9.71 Å². The van der Waals surface area contributed by atoms with E-state index in [0.717, 1.165) is 0 Å². The maximum absolute atomic E-state index is 12.3. The van der Waals surface area contributed by atoms with Crippen LogP contribution in [-0.4, -0.2) is 33.1 Å². The first-order chi connectivity index (χ1) is 11.0. The summed E-state index contributed by atoms with van der Waals surface area (Å²) in [6, 6.07) is 3.00. The van der Waals surface area contributed by atoms with Crippen molar-refractivity contribution in [3.63, 3.8) is 0 Å². The molecule has 9 heteroatoms. The van der Waals surface area contributed by atoms with E-state index < -0.39 is 31.9 Å². The summed E-state index contributed by atoms with van der Waals surface area (Å²) in [7, 11) is -3.40.